The van der Waals surface area contributed by atoms with E-state index in [1.165, 1.54) is 28.7 Å². The number of carbonyl (C=O) groups excluding carboxylic acids is 3. The first-order chi connectivity index (χ1) is 16.2. The molecule has 0 radical (unpaired) electrons. The Morgan fingerprint density at radius 3 is 2.41 bits per heavy atom. The highest BCUT2D eigenvalue weighted by Gasteiger charge is 2.41. The van der Waals surface area contributed by atoms with Crippen molar-refractivity contribution < 1.29 is 32.6 Å². The number of fused-ring (bicyclic) bond motifs is 1. The van der Waals surface area contributed by atoms with Gasteiger partial charge in [-0.2, -0.15) is 4.99 Å². The molecule has 1 amide bonds. The first kappa shape index (κ1) is 23.5. The van der Waals surface area contributed by atoms with Crippen molar-refractivity contribution in [2.24, 2.45) is 10.9 Å². The third-order valence-electron chi connectivity index (χ3n) is 6.09. The second kappa shape index (κ2) is 9.27. The number of Topliss-reactive ketones (excluding diaryl/α,β-unsaturated/α-hetero) is 1. The molecule has 1 saturated heterocycles. The molecule has 1 fully saturated rings. The van der Waals surface area contributed by atoms with Crippen molar-refractivity contribution in [2.75, 3.05) is 27.3 Å². The van der Waals surface area contributed by atoms with Gasteiger partial charge in [-0.3, -0.25) is 14.2 Å². The number of nitrogens with zero attached hydrogens (tertiary/aromatic N) is 5. The number of halogens is 2. The van der Waals surface area contributed by atoms with Crippen LogP contribution in [0.1, 0.15) is 29.0 Å². The van der Waals surface area contributed by atoms with Gasteiger partial charge in [0.1, 0.15) is 17.4 Å². The van der Waals surface area contributed by atoms with Crippen molar-refractivity contribution in [1.29, 1.82) is 0 Å². The first-order valence-corrected chi connectivity index (χ1v) is 10.7. The van der Waals surface area contributed by atoms with E-state index < -0.39 is 23.3 Å². The number of rotatable bonds is 5. The lowest BCUT2D eigenvalue weighted by molar-refractivity contribution is -0.137. The van der Waals surface area contributed by atoms with E-state index in [9.17, 15) is 18.8 Å². The van der Waals surface area contributed by atoms with E-state index in [1.54, 1.807) is 12.1 Å². The zero-order valence-corrected chi connectivity index (χ0v) is 18.7. The summed E-state index contributed by atoms with van der Waals surface area (Å²) in [4.78, 5) is 42.9. The number of ether oxygens (including phenoxy) is 2. The molecule has 2 aromatic rings. The van der Waals surface area contributed by atoms with Gasteiger partial charge in [0.25, 0.3) is 5.95 Å². The number of alkyl halides is 1. The van der Waals surface area contributed by atoms with Crippen molar-refractivity contribution in [2.45, 2.75) is 31.5 Å². The van der Waals surface area contributed by atoms with Crippen LogP contribution in [0, 0.1) is 11.7 Å². The number of aliphatic imine (C=N–C) groups is 1. The van der Waals surface area contributed by atoms with Crippen LogP contribution in [0.2, 0.25) is 0 Å². The lowest BCUT2D eigenvalue weighted by atomic mass is 9.86. The Bertz CT molecular complexity index is 1140. The van der Waals surface area contributed by atoms with Crippen LogP contribution >= 0.6 is 0 Å². The number of likely N-dealkylation sites (tertiary alicyclic amines) is 1. The van der Waals surface area contributed by atoms with Gasteiger partial charge in [0.05, 0.1) is 14.2 Å². The van der Waals surface area contributed by atoms with E-state index in [0.29, 0.717) is 5.56 Å². The second-order valence-electron chi connectivity index (χ2n) is 8.24. The molecule has 3 heterocycles. The number of ketones is 1. The molecule has 2 aliphatic heterocycles. The average Bonchev–Trinajstić information content (AvgIpc) is 3.26. The van der Waals surface area contributed by atoms with Gasteiger partial charge in [0, 0.05) is 26.1 Å². The molecule has 1 aromatic carbocycles. The summed E-state index contributed by atoms with van der Waals surface area (Å²) in [6.45, 7) is 0.277. The maximum absolute atomic E-state index is 15.4. The summed E-state index contributed by atoms with van der Waals surface area (Å²) in [6, 6.07) is 5.71. The highest BCUT2D eigenvalue weighted by Crippen LogP contribution is 2.32. The normalized spacial score (nSPS) is 19.1. The topological polar surface area (TPSA) is 116 Å². The van der Waals surface area contributed by atoms with Crippen molar-refractivity contribution in [3.8, 4) is 0 Å². The lowest BCUT2D eigenvalue weighted by Crippen LogP contribution is -2.50. The largest absolute Gasteiger partial charge is 0.483 e. The van der Waals surface area contributed by atoms with Gasteiger partial charge in [-0.15, -0.1) is 10.2 Å². The predicted molar refractivity (Wildman–Crippen MR) is 114 cm³/mol. The van der Waals surface area contributed by atoms with Gasteiger partial charge in [-0.25, -0.2) is 13.6 Å². The van der Waals surface area contributed by atoms with Crippen molar-refractivity contribution >= 4 is 29.5 Å². The quantitative estimate of drug-likeness (QED) is 0.367. The summed E-state index contributed by atoms with van der Waals surface area (Å²) in [5, 5.41) is 7.49. The number of amides is 1. The van der Waals surface area contributed by atoms with E-state index in [-0.39, 0.29) is 68.3 Å². The Kier molecular flexibility index (Phi) is 6.40. The summed E-state index contributed by atoms with van der Waals surface area (Å²) in [7, 11) is 2.43. The van der Waals surface area contributed by atoms with Gasteiger partial charge < -0.3 is 14.4 Å². The second-order valence-corrected chi connectivity index (χ2v) is 8.24. The number of carbonyl (C=O) groups is 3. The minimum absolute atomic E-state index is 0.0221. The molecule has 2 aliphatic rings. The standard InChI is InChI=1S/C22H23F2N5O5/c1-33-18-15(12-29-17(16(30)20(32)34-2)26-27-21(29)25-18)19(31)28-9-7-22(24,8-10-28)11-13-3-5-14(23)6-4-13/h3-6,15H,7-12H2,1-2H3. The van der Waals surface area contributed by atoms with Crippen LogP contribution in [0.15, 0.2) is 29.3 Å². The monoisotopic (exact) mass is 475 g/mol. The van der Waals surface area contributed by atoms with Gasteiger partial charge >= 0.3 is 11.8 Å². The van der Waals surface area contributed by atoms with Crippen molar-refractivity contribution in [3.63, 3.8) is 0 Å². The maximum Gasteiger partial charge on any atom is 0.382 e. The number of piperidine rings is 1. The Labute approximate surface area is 193 Å². The minimum Gasteiger partial charge on any atom is -0.483 e. The van der Waals surface area contributed by atoms with Gasteiger partial charge in [-0.1, -0.05) is 12.1 Å². The summed E-state index contributed by atoms with van der Waals surface area (Å²) >= 11 is 0. The first-order valence-electron chi connectivity index (χ1n) is 10.7. The Hall–Kier alpha value is -3.70. The fourth-order valence-electron chi connectivity index (χ4n) is 4.20. The Morgan fingerprint density at radius 2 is 1.79 bits per heavy atom. The number of benzene rings is 1. The lowest BCUT2D eigenvalue weighted by Gasteiger charge is -2.38. The van der Waals surface area contributed by atoms with Crippen molar-refractivity contribution in [3.05, 3.63) is 41.5 Å². The molecule has 1 unspecified atom stereocenters. The van der Waals surface area contributed by atoms with Crippen LogP contribution in [0.4, 0.5) is 14.7 Å². The summed E-state index contributed by atoms with van der Waals surface area (Å²) in [6.07, 6.45) is 0.366. The molecule has 10 nitrogen and oxygen atoms in total. The molecule has 180 valence electrons. The number of hydrogen-bond acceptors (Lipinski definition) is 8. The van der Waals surface area contributed by atoms with Crippen molar-refractivity contribution in [1.82, 2.24) is 19.7 Å². The van der Waals surface area contributed by atoms with Crippen LogP contribution in [-0.4, -0.2) is 76.2 Å². The molecule has 1 atom stereocenters. The average molecular weight is 475 g/mol. The number of aromatic nitrogens is 3. The highest BCUT2D eigenvalue weighted by molar-refractivity contribution is 6.39. The Balaban J connectivity index is 1.46. The van der Waals surface area contributed by atoms with Crippen LogP contribution < -0.4 is 0 Å². The zero-order chi connectivity index (χ0) is 24.5. The molecule has 0 aliphatic carbocycles. The van der Waals surface area contributed by atoms with Gasteiger partial charge in [0.2, 0.25) is 17.6 Å². The predicted octanol–water partition coefficient (Wildman–Crippen LogP) is 1.65. The molecule has 12 heteroatoms. The van der Waals surface area contributed by atoms with E-state index in [0.717, 1.165) is 7.11 Å². The number of esters is 1. The van der Waals surface area contributed by atoms with Crippen LogP contribution in [0.5, 0.6) is 0 Å². The fraction of sp³-hybridized carbons (Fsp3) is 0.455. The van der Waals surface area contributed by atoms with Gasteiger partial charge in [-0.05, 0) is 30.5 Å². The third-order valence-corrected chi connectivity index (χ3v) is 6.09. The molecule has 4 rings (SSSR count). The van der Waals surface area contributed by atoms with Gasteiger partial charge in [0.15, 0.2) is 0 Å². The molecule has 0 spiro atoms. The molecule has 0 bridgehead atoms. The number of hydrogen-bond donors (Lipinski definition) is 0. The summed E-state index contributed by atoms with van der Waals surface area (Å²) in [5.41, 5.74) is -0.825. The zero-order valence-electron chi connectivity index (χ0n) is 18.7. The Morgan fingerprint density at radius 1 is 1.12 bits per heavy atom. The van der Waals surface area contributed by atoms with Crippen LogP contribution in [0.3, 0.4) is 0 Å². The number of methoxy groups -OCH3 is 2. The third kappa shape index (κ3) is 4.52. The molecular formula is C22H23F2N5O5. The van der Waals surface area contributed by atoms with E-state index in [2.05, 4.69) is 19.9 Å². The van der Waals surface area contributed by atoms with Crippen LogP contribution in [-0.2, 0) is 32.0 Å². The van der Waals surface area contributed by atoms with E-state index in [1.807, 2.05) is 0 Å². The maximum atomic E-state index is 15.4. The molecular weight excluding hydrogens is 452 g/mol. The van der Waals surface area contributed by atoms with E-state index >= 15 is 4.39 Å². The summed E-state index contributed by atoms with van der Waals surface area (Å²) < 4.78 is 39.5. The minimum atomic E-state index is -1.51. The molecule has 0 saturated carbocycles. The smallest absolute Gasteiger partial charge is 0.382 e. The van der Waals surface area contributed by atoms with Crippen LogP contribution in [0.25, 0.3) is 0 Å². The molecule has 1 aromatic heterocycles. The SMILES string of the molecule is COC(=O)C(=O)c1nnc2n1CC(C(=O)N1CCC(F)(Cc3ccc(F)cc3)CC1)C(OC)=N2. The highest BCUT2D eigenvalue weighted by atomic mass is 19.1. The van der Waals surface area contributed by atoms with E-state index in [4.69, 9.17) is 4.74 Å². The molecule has 34 heavy (non-hydrogen) atoms. The molecule has 0 N–H and O–H groups in total. The fourth-order valence-corrected chi connectivity index (χ4v) is 4.20. The summed E-state index contributed by atoms with van der Waals surface area (Å²) in [5.74, 6) is -3.94.